The van der Waals surface area contributed by atoms with Gasteiger partial charge in [0.15, 0.2) is 0 Å². The summed E-state index contributed by atoms with van der Waals surface area (Å²) in [5, 5.41) is 3.48. The minimum atomic E-state index is -0.250. The minimum absolute atomic E-state index is 0.250. The van der Waals surface area contributed by atoms with Crippen LogP contribution in [0.5, 0.6) is 0 Å². The van der Waals surface area contributed by atoms with Gasteiger partial charge >= 0.3 is 0 Å². The Balaban J connectivity index is 1.90. The van der Waals surface area contributed by atoms with E-state index in [4.69, 9.17) is 0 Å². The van der Waals surface area contributed by atoms with Crippen molar-refractivity contribution in [1.82, 2.24) is 10.3 Å². The molecule has 2 aliphatic rings. The Morgan fingerprint density at radius 2 is 2.25 bits per heavy atom. The molecule has 1 N–H and O–H groups in total. The first-order chi connectivity index (χ1) is 7.83. The average molecular weight is 218 g/mol. The van der Waals surface area contributed by atoms with Crippen molar-refractivity contribution in [2.45, 2.75) is 25.3 Å². The Labute approximate surface area is 94.6 Å². The highest BCUT2D eigenvalue weighted by atomic mass is 19.1. The largest absolute Gasteiger partial charge is 0.310 e. The van der Waals surface area contributed by atoms with Gasteiger partial charge in [0.1, 0.15) is 5.82 Å². The number of halogens is 1. The summed E-state index contributed by atoms with van der Waals surface area (Å²) in [5.74, 6) is 0.533. The second kappa shape index (κ2) is 3.98. The average Bonchev–Trinajstić information content (AvgIpc) is 2.75. The van der Waals surface area contributed by atoms with Crippen molar-refractivity contribution in [3.63, 3.8) is 0 Å². The second-order valence-electron chi connectivity index (χ2n) is 4.65. The van der Waals surface area contributed by atoms with Gasteiger partial charge in [-0.25, -0.2) is 4.39 Å². The third-order valence-electron chi connectivity index (χ3n) is 3.64. The first-order valence-electron chi connectivity index (χ1n) is 5.88. The van der Waals surface area contributed by atoms with E-state index in [9.17, 15) is 4.39 Å². The lowest BCUT2D eigenvalue weighted by molar-refractivity contribution is 0.465. The van der Waals surface area contributed by atoms with Gasteiger partial charge in [-0.15, -0.1) is 0 Å². The fourth-order valence-electron chi connectivity index (χ4n) is 2.77. The van der Waals surface area contributed by atoms with Crippen molar-refractivity contribution in [1.29, 1.82) is 0 Å². The van der Waals surface area contributed by atoms with Crippen LogP contribution in [0.25, 0.3) is 5.57 Å². The molecule has 1 saturated heterocycles. The zero-order valence-electron chi connectivity index (χ0n) is 9.12. The lowest BCUT2D eigenvalue weighted by atomic mass is 9.84. The van der Waals surface area contributed by atoms with E-state index >= 15 is 0 Å². The second-order valence-corrected chi connectivity index (χ2v) is 4.65. The highest BCUT2D eigenvalue weighted by Gasteiger charge is 2.28. The summed E-state index contributed by atoms with van der Waals surface area (Å²) in [6, 6.07) is 2.07. The zero-order chi connectivity index (χ0) is 11.0. The first-order valence-corrected chi connectivity index (χ1v) is 5.88. The van der Waals surface area contributed by atoms with Gasteiger partial charge in [0.25, 0.3) is 0 Å². The van der Waals surface area contributed by atoms with Crippen LogP contribution in [0.3, 0.4) is 0 Å². The molecule has 2 nitrogen and oxygen atoms in total. The summed E-state index contributed by atoms with van der Waals surface area (Å²) in [7, 11) is 0. The van der Waals surface area contributed by atoms with E-state index < -0.39 is 0 Å². The van der Waals surface area contributed by atoms with Gasteiger partial charge < -0.3 is 5.32 Å². The summed E-state index contributed by atoms with van der Waals surface area (Å²) in [4.78, 5) is 3.91. The van der Waals surface area contributed by atoms with Crippen LogP contribution in [-0.2, 0) is 0 Å². The molecule has 1 aromatic rings. The molecular formula is C13H15FN2. The SMILES string of the molecule is Fc1cncc(C2=C[C@H]3NCC[C@H]3CC2)c1. The summed E-state index contributed by atoms with van der Waals surface area (Å²) in [5.41, 5.74) is 2.18. The molecule has 0 aromatic carbocycles. The van der Waals surface area contributed by atoms with E-state index in [2.05, 4.69) is 16.4 Å². The van der Waals surface area contributed by atoms with Crippen molar-refractivity contribution in [3.8, 4) is 0 Å². The van der Waals surface area contributed by atoms with E-state index in [-0.39, 0.29) is 5.82 Å². The molecule has 0 radical (unpaired) electrons. The van der Waals surface area contributed by atoms with Crippen LogP contribution in [0.15, 0.2) is 24.5 Å². The molecule has 0 spiro atoms. The van der Waals surface area contributed by atoms with Gasteiger partial charge in [-0.2, -0.15) is 0 Å². The number of rotatable bonds is 1. The Hall–Kier alpha value is -1.22. The molecular weight excluding hydrogens is 203 g/mol. The van der Waals surface area contributed by atoms with Crippen molar-refractivity contribution < 1.29 is 4.39 Å². The lowest BCUT2D eigenvalue weighted by Gasteiger charge is -2.24. The number of hydrogen-bond donors (Lipinski definition) is 1. The summed E-state index contributed by atoms with van der Waals surface area (Å²) in [6.45, 7) is 1.11. The van der Waals surface area contributed by atoms with E-state index in [1.54, 1.807) is 12.3 Å². The molecule has 1 fully saturated rings. The Morgan fingerprint density at radius 3 is 3.12 bits per heavy atom. The van der Waals surface area contributed by atoms with Gasteiger partial charge in [0.05, 0.1) is 6.20 Å². The van der Waals surface area contributed by atoms with E-state index in [0.29, 0.717) is 6.04 Å². The molecule has 0 bridgehead atoms. The molecule has 16 heavy (non-hydrogen) atoms. The van der Waals surface area contributed by atoms with Crippen LogP contribution in [-0.4, -0.2) is 17.6 Å². The van der Waals surface area contributed by atoms with Crippen molar-refractivity contribution >= 4 is 5.57 Å². The van der Waals surface area contributed by atoms with Gasteiger partial charge in [-0.1, -0.05) is 6.08 Å². The monoisotopic (exact) mass is 218 g/mol. The van der Waals surface area contributed by atoms with Gasteiger partial charge in [-0.3, -0.25) is 4.98 Å². The van der Waals surface area contributed by atoms with Crippen LogP contribution >= 0.6 is 0 Å². The quantitative estimate of drug-likeness (QED) is 0.782. The number of fused-ring (bicyclic) bond motifs is 1. The molecule has 0 saturated carbocycles. The Morgan fingerprint density at radius 1 is 1.31 bits per heavy atom. The highest BCUT2D eigenvalue weighted by Crippen LogP contribution is 2.34. The molecule has 2 atom stereocenters. The van der Waals surface area contributed by atoms with Crippen molar-refractivity contribution in [3.05, 3.63) is 35.9 Å². The molecule has 1 aromatic heterocycles. The molecule has 1 aliphatic carbocycles. The highest BCUT2D eigenvalue weighted by molar-refractivity contribution is 5.66. The van der Waals surface area contributed by atoms with Crippen LogP contribution in [0.4, 0.5) is 4.39 Å². The summed E-state index contributed by atoms with van der Waals surface area (Å²) in [6.07, 6.45) is 8.80. The Kier molecular flexibility index (Phi) is 2.48. The number of nitrogens with zero attached hydrogens (tertiary/aromatic N) is 1. The molecule has 2 heterocycles. The molecule has 84 valence electrons. The maximum atomic E-state index is 13.1. The topological polar surface area (TPSA) is 24.9 Å². The van der Waals surface area contributed by atoms with Crippen molar-refractivity contribution in [2.75, 3.05) is 6.54 Å². The van der Waals surface area contributed by atoms with Crippen LogP contribution in [0.2, 0.25) is 0 Å². The molecule has 0 unspecified atom stereocenters. The maximum absolute atomic E-state index is 13.1. The number of pyridine rings is 1. The molecule has 0 amide bonds. The van der Waals surface area contributed by atoms with Crippen LogP contribution < -0.4 is 5.32 Å². The predicted octanol–water partition coefficient (Wildman–Crippen LogP) is 2.38. The lowest BCUT2D eigenvalue weighted by Crippen LogP contribution is -2.27. The molecule has 3 heteroatoms. The van der Waals surface area contributed by atoms with Crippen molar-refractivity contribution in [2.24, 2.45) is 5.92 Å². The standard InChI is InChI=1S/C13H15FN2/c14-12-5-11(7-15-8-12)10-2-1-9-3-4-16-13(9)6-10/h5-9,13,16H,1-4H2/t9-,13-/m1/s1. The number of hydrogen-bond acceptors (Lipinski definition) is 2. The minimum Gasteiger partial charge on any atom is -0.310 e. The van der Waals surface area contributed by atoms with Gasteiger partial charge in [0, 0.05) is 12.2 Å². The number of allylic oxidation sites excluding steroid dienone is 1. The Bertz CT molecular complexity index is 428. The van der Waals surface area contributed by atoms with Gasteiger partial charge in [-0.05, 0) is 48.9 Å². The maximum Gasteiger partial charge on any atom is 0.142 e. The van der Waals surface area contributed by atoms with Crippen LogP contribution in [0, 0.1) is 11.7 Å². The predicted molar refractivity (Wildman–Crippen MR) is 61.3 cm³/mol. The smallest absolute Gasteiger partial charge is 0.142 e. The normalized spacial score (nSPS) is 28.7. The van der Waals surface area contributed by atoms with E-state index in [1.165, 1.54) is 24.6 Å². The zero-order valence-corrected chi connectivity index (χ0v) is 9.12. The number of aromatic nitrogens is 1. The molecule has 3 rings (SSSR count). The van der Waals surface area contributed by atoms with Crippen LogP contribution in [0.1, 0.15) is 24.8 Å². The third kappa shape index (κ3) is 1.76. The van der Waals surface area contributed by atoms with E-state index in [0.717, 1.165) is 24.4 Å². The number of nitrogens with one attached hydrogen (secondary N) is 1. The third-order valence-corrected chi connectivity index (χ3v) is 3.64. The van der Waals surface area contributed by atoms with E-state index in [1.807, 2.05) is 0 Å². The first kappa shape index (κ1) is 9.97. The van der Waals surface area contributed by atoms with Gasteiger partial charge in [0.2, 0.25) is 0 Å². The summed E-state index contributed by atoms with van der Waals surface area (Å²) >= 11 is 0. The fraction of sp³-hybridized carbons (Fsp3) is 0.462. The summed E-state index contributed by atoms with van der Waals surface area (Å²) < 4.78 is 13.1. The molecule has 1 aliphatic heterocycles. The fourth-order valence-corrected chi connectivity index (χ4v) is 2.77.